The van der Waals surface area contributed by atoms with Gasteiger partial charge in [-0.15, -0.1) is 0 Å². The average Bonchev–Trinajstić information content (AvgIpc) is 3.08. The van der Waals surface area contributed by atoms with Gasteiger partial charge in [0, 0.05) is 32.2 Å². The number of carbonyl (C=O) groups is 1. The molecule has 1 saturated heterocycles. The van der Waals surface area contributed by atoms with Gasteiger partial charge in [-0.25, -0.2) is 4.98 Å². The van der Waals surface area contributed by atoms with Gasteiger partial charge >= 0.3 is 0 Å². The minimum absolute atomic E-state index is 0.0275. The van der Waals surface area contributed by atoms with E-state index >= 15 is 0 Å². The Morgan fingerprint density at radius 2 is 2.31 bits per heavy atom. The number of nitrogens with zero attached hydrogens (tertiary/aromatic N) is 3. The first kappa shape index (κ1) is 17.0. The van der Waals surface area contributed by atoms with Crippen molar-refractivity contribution in [2.45, 2.75) is 32.3 Å². The summed E-state index contributed by atoms with van der Waals surface area (Å²) in [6, 6.07) is 3.69. The Labute approximate surface area is 152 Å². The van der Waals surface area contributed by atoms with Crippen LogP contribution in [0.15, 0.2) is 28.9 Å². The summed E-state index contributed by atoms with van der Waals surface area (Å²) in [6.07, 6.45) is 5.76. The molecule has 0 aromatic carbocycles. The molecule has 1 saturated carbocycles. The van der Waals surface area contributed by atoms with E-state index in [9.17, 15) is 4.79 Å². The number of amides is 1. The van der Waals surface area contributed by atoms with E-state index in [1.54, 1.807) is 19.4 Å². The molecule has 2 atom stereocenters. The molecule has 2 fully saturated rings. The predicted octanol–water partition coefficient (Wildman–Crippen LogP) is 2.60. The second-order valence-corrected chi connectivity index (χ2v) is 7.23. The number of rotatable bonds is 6. The van der Waals surface area contributed by atoms with E-state index in [4.69, 9.17) is 9.15 Å². The molecule has 1 amide bonds. The number of aromatic amines is 1. The maximum Gasteiger partial charge on any atom is 0.246 e. The molecule has 2 aliphatic rings. The van der Waals surface area contributed by atoms with E-state index in [1.807, 2.05) is 24.0 Å². The summed E-state index contributed by atoms with van der Waals surface area (Å²) in [5.41, 5.74) is 0.840. The third kappa shape index (κ3) is 3.44. The summed E-state index contributed by atoms with van der Waals surface area (Å²) in [4.78, 5) is 19.3. The lowest BCUT2D eigenvalue weighted by atomic mass is 9.91. The Balaban J connectivity index is 1.50. The smallest absolute Gasteiger partial charge is 0.246 e. The number of nitrogens with one attached hydrogen (secondary N) is 1. The monoisotopic (exact) mass is 356 g/mol. The number of likely N-dealkylation sites (tertiary alicyclic amines) is 1. The van der Waals surface area contributed by atoms with E-state index in [2.05, 4.69) is 15.2 Å². The van der Waals surface area contributed by atoms with Gasteiger partial charge < -0.3 is 14.1 Å². The van der Waals surface area contributed by atoms with Crippen LogP contribution in [0.2, 0.25) is 0 Å². The second-order valence-electron chi connectivity index (χ2n) is 7.23. The number of allylic oxidation sites excluding steroid dienone is 1. The number of furan rings is 1. The maximum absolute atomic E-state index is 12.8. The highest BCUT2D eigenvalue weighted by Gasteiger charge is 2.45. The highest BCUT2D eigenvalue weighted by Crippen LogP contribution is 2.47. The van der Waals surface area contributed by atoms with Gasteiger partial charge in [-0.1, -0.05) is 0 Å². The normalized spacial score (nSPS) is 23.6. The van der Waals surface area contributed by atoms with Gasteiger partial charge in [-0.3, -0.25) is 9.89 Å². The molecule has 26 heavy (non-hydrogen) atoms. The fraction of sp³-hybridized carbons (Fsp3) is 0.526. The Bertz CT molecular complexity index is 792. The highest BCUT2D eigenvalue weighted by atomic mass is 16.5. The summed E-state index contributed by atoms with van der Waals surface area (Å²) in [6.45, 7) is 3.74. The minimum Gasteiger partial charge on any atom is -0.465 e. The van der Waals surface area contributed by atoms with Crippen molar-refractivity contribution in [3.05, 3.63) is 41.9 Å². The van der Waals surface area contributed by atoms with Crippen molar-refractivity contribution in [2.75, 3.05) is 20.2 Å². The zero-order chi connectivity index (χ0) is 18.1. The molecule has 2 aromatic heterocycles. The summed E-state index contributed by atoms with van der Waals surface area (Å²) in [5.74, 6) is 3.59. The molecule has 1 aliphatic heterocycles. The van der Waals surface area contributed by atoms with Crippen molar-refractivity contribution in [3.8, 4) is 0 Å². The number of hydrogen-bond acceptors (Lipinski definition) is 5. The van der Waals surface area contributed by atoms with Crippen LogP contribution in [0.1, 0.15) is 43.1 Å². The average molecular weight is 356 g/mol. The molecule has 1 aliphatic carbocycles. The Morgan fingerprint density at radius 3 is 3.00 bits per heavy atom. The van der Waals surface area contributed by atoms with E-state index < -0.39 is 0 Å². The number of aromatic nitrogens is 3. The van der Waals surface area contributed by atoms with Crippen molar-refractivity contribution in [1.82, 2.24) is 20.1 Å². The Kier molecular flexibility index (Phi) is 4.63. The molecule has 0 spiro atoms. The van der Waals surface area contributed by atoms with Crippen LogP contribution in [-0.2, 0) is 16.1 Å². The first-order valence-corrected chi connectivity index (χ1v) is 9.07. The van der Waals surface area contributed by atoms with Crippen LogP contribution < -0.4 is 0 Å². The van der Waals surface area contributed by atoms with E-state index in [0.29, 0.717) is 25.0 Å². The molecule has 0 radical (unpaired) electrons. The van der Waals surface area contributed by atoms with Crippen molar-refractivity contribution in [1.29, 1.82) is 0 Å². The number of carbonyl (C=O) groups excluding carboxylic acids is 1. The fourth-order valence-electron chi connectivity index (χ4n) is 3.81. The van der Waals surface area contributed by atoms with E-state index in [1.165, 1.54) is 12.8 Å². The van der Waals surface area contributed by atoms with Gasteiger partial charge in [0.05, 0.1) is 6.26 Å². The molecule has 2 aromatic rings. The third-order valence-electron chi connectivity index (χ3n) is 5.32. The molecule has 138 valence electrons. The molecule has 4 rings (SSSR count). The van der Waals surface area contributed by atoms with Crippen molar-refractivity contribution in [2.24, 2.45) is 11.8 Å². The van der Waals surface area contributed by atoms with Gasteiger partial charge in [0.2, 0.25) is 5.91 Å². The maximum atomic E-state index is 12.8. The molecular weight excluding hydrogens is 332 g/mol. The van der Waals surface area contributed by atoms with Crippen LogP contribution >= 0.6 is 0 Å². The zero-order valence-corrected chi connectivity index (χ0v) is 15.1. The predicted molar refractivity (Wildman–Crippen MR) is 95.0 cm³/mol. The van der Waals surface area contributed by atoms with Crippen molar-refractivity contribution >= 4 is 11.5 Å². The zero-order valence-electron chi connectivity index (χ0n) is 15.1. The minimum atomic E-state index is 0.0275. The SMILES string of the molecule is COCc1nc([C@H]2CN(C(=O)/C=C(\C)c3ccco3)C[C@@H]2C2CC2)n[nH]1. The third-order valence-corrected chi connectivity index (χ3v) is 5.32. The first-order valence-electron chi connectivity index (χ1n) is 9.07. The van der Waals surface area contributed by atoms with Crippen LogP contribution in [0.3, 0.4) is 0 Å². The molecule has 0 unspecified atom stereocenters. The van der Waals surface area contributed by atoms with Crippen LogP contribution in [-0.4, -0.2) is 46.2 Å². The van der Waals surface area contributed by atoms with Crippen molar-refractivity contribution in [3.63, 3.8) is 0 Å². The molecular formula is C19H24N4O3. The van der Waals surface area contributed by atoms with Gasteiger partial charge in [-0.05, 0) is 49.3 Å². The summed E-state index contributed by atoms with van der Waals surface area (Å²) in [5, 5.41) is 7.33. The first-order chi connectivity index (χ1) is 12.7. The van der Waals surface area contributed by atoms with E-state index in [-0.39, 0.29) is 11.8 Å². The van der Waals surface area contributed by atoms with Crippen LogP contribution in [0.25, 0.3) is 5.57 Å². The molecule has 0 bridgehead atoms. The lowest BCUT2D eigenvalue weighted by Gasteiger charge is -2.14. The standard InChI is InChI=1S/C19H24N4O3/c1-12(16-4-3-7-26-16)8-18(24)23-9-14(13-5-6-13)15(10-23)19-20-17(11-25-2)21-22-19/h3-4,7-8,13-15H,5-6,9-11H2,1-2H3,(H,20,21,22)/b12-8+/t14-,15+/m1/s1. The number of ether oxygens (including phenoxy) is 1. The summed E-state index contributed by atoms with van der Waals surface area (Å²) >= 11 is 0. The lowest BCUT2D eigenvalue weighted by Crippen LogP contribution is -2.27. The Morgan fingerprint density at radius 1 is 1.46 bits per heavy atom. The van der Waals surface area contributed by atoms with Crippen molar-refractivity contribution < 1.29 is 13.9 Å². The van der Waals surface area contributed by atoms with Gasteiger partial charge in [0.1, 0.15) is 12.4 Å². The largest absolute Gasteiger partial charge is 0.465 e. The van der Waals surface area contributed by atoms with Gasteiger partial charge in [0.25, 0.3) is 0 Å². The summed E-state index contributed by atoms with van der Waals surface area (Å²) < 4.78 is 10.5. The van der Waals surface area contributed by atoms with E-state index in [0.717, 1.165) is 29.5 Å². The fourth-order valence-corrected chi connectivity index (χ4v) is 3.81. The topological polar surface area (TPSA) is 84.2 Å². The number of H-pyrrole nitrogens is 1. The highest BCUT2D eigenvalue weighted by molar-refractivity contribution is 5.94. The Hall–Kier alpha value is -2.41. The van der Waals surface area contributed by atoms with Gasteiger partial charge in [-0.2, -0.15) is 5.10 Å². The quantitative estimate of drug-likeness (QED) is 0.804. The number of hydrogen-bond donors (Lipinski definition) is 1. The summed E-state index contributed by atoms with van der Waals surface area (Å²) in [7, 11) is 1.64. The molecule has 1 N–H and O–H groups in total. The number of methoxy groups -OCH3 is 1. The second kappa shape index (κ2) is 7.07. The lowest BCUT2D eigenvalue weighted by molar-refractivity contribution is -0.125. The van der Waals surface area contributed by atoms with Gasteiger partial charge in [0.15, 0.2) is 11.6 Å². The van der Waals surface area contributed by atoms with Crippen LogP contribution in [0.4, 0.5) is 0 Å². The van der Waals surface area contributed by atoms with Crippen LogP contribution in [0, 0.1) is 11.8 Å². The molecule has 3 heterocycles. The molecule has 7 heteroatoms. The molecule has 7 nitrogen and oxygen atoms in total. The van der Waals surface area contributed by atoms with Crippen LogP contribution in [0.5, 0.6) is 0 Å².